The van der Waals surface area contributed by atoms with Crippen LogP contribution in [0.5, 0.6) is 5.75 Å². The zero-order valence-corrected chi connectivity index (χ0v) is 21.1. The second kappa shape index (κ2) is 16.4. The van der Waals surface area contributed by atoms with E-state index in [1.54, 1.807) is 0 Å². The number of nitrogens with two attached hydrogens (primary N) is 3. The SMILES string of the molecule is NC(N)=NCCCC(N)C(=O)NC(CO)C(=O)NC(CCC(=O)O)C(=O)NC(Cc1ccc(O)cc1)C(=O)O. The summed E-state index contributed by atoms with van der Waals surface area (Å²) in [5, 5.41) is 44.3. The molecule has 0 spiro atoms. The minimum atomic E-state index is -1.53. The fourth-order valence-electron chi connectivity index (χ4n) is 3.27. The van der Waals surface area contributed by atoms with Gasteiger partial charge in [0.2, 0.25) is 17.7 Å². The first kappa shape index (κ1) is 32.6. The lowest BCUT2D eigenvalue weighted by Crippen LogP contribution is -2.58. The van der Waals surface area contributed by atoms with Crippen LogP contribution in [-0.2, 0) is 30.4 Å². The molecule has 1 aromatic rings. The number of carbonyl (C=O) groups excluding carboxylic acids is 3. The summed E-state index contributed by atoms with van der Waals surface area (Å²) < 4.78 is 0. The van der Waals surface area contributed by atoms with E-state index < -0.39 is 73.3 Å². The number of hydrogen-bond acceptors (Lipinski definition) is 9. The van der Waals surface area contributed by atoms with Crippen molar-refractivity contribution in [2.75, 3.05) is 13.2 Å². The molecule has 4 atom stereocenters. The van der Waals surface area contributed by atoms with E-state index in [1.165, 1.54) is 24.3 Å². The average molecular weight is 554 g/mol. The molecule has 16 nitrogen and oxygen atoms in total. The molecule has 0 fully saturated rings. The molecule has 16 heteroatoms. The predicted octanol–water partition coefficient (Wildman–Crippen LogP) is -3.29. The van der Waals surface area contributed by atoms with Crippen LogP contribution in [0.1, 0.15) is 31.2 Å². The molecule has 0 aliphatic rings. The topological polar surface area (TPSA) is 293 Å². The van der Waals surface area contributed by atoms with Crippen molar-refractivity contribution in [1.29, 1.82) is 0 Å². The van der Waals surface area contributed by atoms with Crippen molar-refractivity contribution < 1.29 is 44.4 Å². The van der Waals surface area contributed by atoms with Crippen LogP contribution in [0.4, 0.5) is 0 Å². The van der Waals surface area contributed by atoms with Gasteiger partial charge < -0.3 is 53.6 Å². The van der Waals surface area contributed by atoms with Crippen molar-refractivity contribution in [2.24, 2.45) is 22.2 Å². The maximum atomic E-state index is 12.9. The van der Waals surface area contributed by atoms with Gasteiger partial charge in [-0.05, 0) is 37.0 Å². The van der Waals surface area contributed by atoms with Gasteiger partial charge in [0.1, 0.15) is 23.9 Å². The third-order valence-electron chi connectivity index (χ3n) is 5.39. The maximum absolute atomic E-state index is 12.9. The highest BCUT2D eigenvalue weighted by Crippen LogP contribution is 2.12. The van der Waals surface area contributed by atoms with Crippen molar-refractivity contribution in [1.82, 2.24) is 16.0 Å². The molecule has 4 unspecified atom stereocenters. The zero-order chi connectivity index (χ0) is 29.5. The van der Waals surface area contributed by atoms with Crippen LogP contribution in [0, 0.1) is 0 Å². The van der Waals surface area contributed by atoms with Crippen LogP contribution in [0.2, 0.25) is 0 Å². The molecule has 0 saturated carbocycles. The molecule has 0 saturated heterocycles. The largest absolute Gasteiger partial charge is 0.508 e. The Kier molecular flexibility index (Phi) is 13.7. The van der Waals surface area contributed by atoms with Gasteiger partial charge in [0.15, 0.2) is 5.96 Å². The molecular weight excluding hydrogens is 518 g/mol. The van der Waals surface area contributed by atoms with E-state index in [9.17, 15) is 39.3 Å². The predicted molar refractivity (Wildman–Crippen MR) is 137 cm³/mol. The Morgan fingerprint density at radius 1 is 0.846 bits per heavy atom. The van der Waals surface area contributed by atoms with Crippen molar-refractivity contribution in [3.05, 3.63) is 29.8 Å². The summed E-state index contributed by atoms with van der Waals surface area (Å²) in [6.07, 6.45) is -0.616. The number of carboxylic acid groups (broad SMARTS) is 2. The smallest absolute Gasteiger partial charge is 0.326 e. The fraction of sp³-hybridized carbons (Fsp3) is 0.478. The molecule has 0 aromatic heterocycles. The molecule has 216 valence electrons. The average Bonchev–Trinajstić information content (AvgIpc) is 2.87. The van der Waals surface area contributed by atoms with Crippen LogP contribution in [-0.4, -0.2) is 93.4 Å². The van der Waals surface area contributed by atoms with Crippen LogP contribution in [0.25, 0.3) is 0 Å². The second-order valence-electron chi connectivity index (χ2n) is 8.56. The van der Waals surface area contributed by atoms with Crippen molar-refractivity contribution in [2.45, 2.75) is 56.3 Å². The Bertz CT molecular complexity index is 1030. The van der Waals surface area contributed by atoms with Gasteiger partial charge in [-0.2, -0.15) is 0 Å². The maximum Gasteiger partial charge on any atom is 0.326 e. The molecule has 0 aliphatic heterocycles. The van der Waals surface area contributed by atoms with Gasteiger partial charge >= 0.3 is 11.9 Å². The summed E-state index contributed by atoms with van der Waals surface area (Å²) >= 11 is 0. The highest BCUT2D eigenvalue weighted by Gasteiger charge is 2.30. The van der Waals surface area contributed by atoms with Crippen LogP contribution >= 0.6 is 0 Å². The minimum absolute atomic E-state index is 0.0384. The number of aliphatic imine (C=N–C) groups is 1. The summed E-state index contributed by atoms with van der Waals surface area (Å²) in [5.41, 5.74) is 16.7. The number of phenols is 1. The van der Waals surface area contributed by atoms with Gasteiger partial charge in [-0.15, -0.1) is 0 Å². The van der Waals surface area contributed by atoms with E-state index in [0.717, 1.165) is 0 Å². The molecule has 3 amide bonds. The summed E-state index contributed by atoms with van der Waals surface area (Å²) in [4.78, 5) is 64.5. The standard InChI is InChI=1S/C23H35N7O9/c24-14(2-1-9-27-23(25)26)19(35)30-17(11-31)21(37)28-15(7-8-18(33)34)20(36)29-16(22(38)39)10-12-3-5-13(32)6-4-12/h3-6,14-17,31-32H,1-2,7-11,24H2,(H,28,37)(H,29,36)(H,30,35)(H,33,34)(H,38,39)(H4,25,26,27). The third-order valence-corrected chi connectivity index (χ3v) is 5.39. The van der Waals surface area contributed by atoms with Gasteiger partial charge in [-0.1, -0.05) is 12.1 Å². The zero-order valence-electron chi connectivity index (χ0n) is 21.1. The first-order valence-corrected chi connectivity index (χ1v) is 11.9. The van der Waals surface area contributed by atoms with E-state index in [1.807, 2.05) is 0 Å². The van der Waals surface area contributed by atoms with E-state index >= 15 is 0 Å². The normalized spacial score (nSPS) is 13.7. The highest BCUT2D eigenvalue weighted by molar-refractivity contribution is 5.94. The Balaban J connectivity index is 2.88. The van der Waals surface area contributed by atoms with Gasteiger partial charge in [0.05, 0.1) is 12.6 Å². The number of nitrogens with zero attached hydrogens (tertiary/aromatic N) is 1. The summed E-state index contributed by atoms with van der Waals surface area (Å²) in [5.74, 6) is -5.62. The van der Waals surface area contributed by atoms with Gasteiger partial charge in [0, 0.05) is 19.4 Å². The first-order valence-electron chi connectivity index (χ1n) is 11.9. The van der Waals surface area contributed by atoms with Crippen molar-refractivity contribution >= 4 is 35.6 Å². The Hall–Kier alpha value is -4.44. The lowest BCUT2D eigenvalue weighted by molar-refractivity contribution is -0.143. The lowest BCUT2D eigenvalue weighted by atomic mass is 10.0. The summed E-state index contributed by atoms with van der Waals surface area (Å²) in [7, 11) is 0. The minimum Gasteiger partial charge on any atom is -0.508 e. The van der Waals surface area contributed by atoms with Crippen LogP contribution in [0.3, 0.4) is 0 Å². The van der Waals surface area contributed by atoms with Gasteiger partial charge in [-0.25, -0.2) is 4.79 Å². The number of amides is 3. The first-order chi connectivity index (χ1) is 18.3. The number of aliphatic hydroxyl groups is 1. The van der Waals surface area contributed by atoms with E-state index in [-0.39, 0.29) is 31.1 Å². The van der Waals surface area contributed by atoms with Gasteiger partial charge in [-0.3, -0.25) is 24.2 Å². The monoisotopic (exact) mass is 553 g/mol. The highest BCUT2D eigenvalue weighted by atomic mass is 16.4. The number of phenolic OH excluding ortho intramolecular Hbond substituents is 1. The lowest BCUT2D eigenvalue weighted by Gasteiger charge is -2.24. The molecule has 0 radical (unpaired) electrons. The van der Waals surface area contributed by atoms with E-state index in [4.69, 9.17) is 22.3 Å². The molecule has 1 rings (SSSR count). The Morgan fingerprint density at radius 3 is 1.95 bits per heavy atom. The number of aromatic hydroxyl groups is 1. The van der Waals surface area contributed by atoms with Gasteiger partial charge in [0.25, 0.3) is 0 Å². The number of benzene rings is 1. The molecule has 1 aromatic carbocycles. The number of hydrogen-bond donors (Lipinski definition) is 10. The number of aliphatic hydroxyl groups excluding tert-OH is 1. The Morgan fingerprint density at radius 2 is 1.41 bits per heavy atom. The van der Waals surface area contributed by atoms with Crippen LogP contribution < -0.4 is 33.2 Å². The molecule has 0 heterocycles. The molecule has 0 aliphatic carbocycles. The fourth-order valence-corrected chi connectivity index (χ4v) is 3.27. The van der Waals surface area contributed by atoms with Crippen LogP contribution in [0.15, 0.2) is 29.3 Å². The number of carboxylic acids is 2. The molecule has 39 heavy (non-hydrogen) atoms. The van der Waals surface area contributed by atoms with E-state index in [2.05, 4.69) is 20.9 Å². The summed E-state index contributed by atoms with van der Waals surface area (Å²) in [6, 6.07) is 0.0433. The molecule has 13 N–H and O–H groups in total. The van der Waals surface area contributed by atoms with Crippen molar-refractivity contribution in [3.63, 3.8) is 0 Å². The second-order valence-corrected chi connectivity index (χ2v) is 8.56. The number of aliphatic carboxylic acids is 2. The number of guanidine groups is 1. The van der Waals surface area contributed by atoms with E-state index in [0.29, 0.717) is 12.0 Å². The molecular formula is C23H35N7O9. The Labute approximate surface area is 223 Å². The number of nitrogens with one attached hydrogen (secondary N) is 3. The summed E-state index contributed by atoms with van der Waals surface area (Å²) in [6.45, 7) is -0.651. The number of rotatable bonds is 17. The molecule has 0 bridgehead atoms. The van der Waals surface area contributed by atoms with Crippen molar-refractivity contribution in [3.8, 4) is 5.75 Å². The number of carbonyl (C=O) groups is 5. The quantitative estimate of drug-likeness (QED) is 0.0516. The third kappa shape index (κ3) is 12.6.